The van der Waals surface area contributed by atoms with Gasteiger partial charge in [0.1, 0.15) is 0 Å². The van der Waals surface area contributed by atoms with Gasteiger partial charge in [-0.1, -0.05) is 40.9 Å². The van der Waals surface area contributed by atoms with Gasteiger partial charge in [-0.25, -0.2) is 0 Å². The molecule has 0 atom stereocenters. The van der Waals surface area contributed by atoms with Gasteiger partial charge in [-0.3, -0.25) is 4.79 Å². The van der Waals surface area contributed by atoms with Crippen molar-refractivity contribution in [1.29, 1.82) is 0 Å². The molecule has 2 aromatic rings. The lowest BCUT2D eigenvalue weighted by atomic mass is 10.2. The number of anilines is 2. The number of nitrogens with one attached hydrogen (secondary N) is 2. The minimum absolute atomic E-state index is 0.167. The number of halogens is 6. The zero-order chi connectivity index (χ0) is 17.9. The second-order valence-electron chi connectivity index (χ2n) is 4.73. The van der Waals surface area contributed by atoms with Gasteiger partial charge in [0.2, 0.25) is 5.91 Å². The summed E-state index contributed by atoms with van der Waals surface area (Å²) in [7, 11) is 0. The molecule has 2 rings (SSSR count). The number of rotatable bonds is 4. The van der Waals surface area contributed by atoms with Crippen LogP contribution < -0.4 is 10.6 Å². The van der Waals surface area contributed by atoms with E-state index >= 15 is 0 Å². The molecule has 128 valence electrons. The maximum atomic E-state index is 12.6. The van der Waals surface area contributed by atoms with Gasteiger partial charge in [0.15, 0.2) is 0 Å². The fraction of sp³-hybridized carbons (Fsp3) is 0.133. The molecule has 0 spiro atoms. The van der Waals surface area contributed by atoms with E-state index in [1.54, 1.807) is 0 Å². The number of hydrogen-bond acceptors (Lipinski definition) is 2. The van der Waals surface area contributed by atoms with Crippen LogP contribution in [0.4, 0.5) is 24.5 Å². The Hall–Kier alpha value is -1.63. The van der Waals surface area contributed by atoms with E-state index in [1.165, 1.54) is 24.3 Å². The summed E-state index contributed by atoms with van der Waals surface area (Å²) in [6, 6.07) is 7.30. The smallest absolute Gasteiger partial charge is 0.376 e. The van der Waals surface area contributed by atoms with Gasteiger partial charge in [0.25, 0.3) is 0 Å². The summed E-state index contributed by atoms with van der Waals surface area (Å²) in [5.74, 6) is -0.507. The van der Waals surface area contributed by atoms with E-state index in [1.807, 2.05) is 0 Å². The first-order valence-corrected chi connectivity index (χ1v) is 7.66. The predicted molar refractivity (Wildman–Crippen MR) is 90.0 cm³/mol. The molecule has 9 heteroatoms. The first-order chi connectivity index (χ1) is 11.2. The lowest BCUT2D eigenvalue weighted by Gasteiger charge is -2.12. The molecular weight excluding hydrogens is 388 g/mol. The van der Waals surface area contributed by atoms with Gasteiger partial charge in [0.05, 0.1) is 32.9 Å². The van der Waals surface area contributed by atoms with Crippen LogP contribution >= 0.6 is 34.8 Å². The van der Waals surface area contributed by atoms with Crippen molar-refractivity contribution in [2.45, 2.75) is 6.18 Å². The van der Waals surface area contributed by atoms with Crippen molar-refractivity contribution >= 4 is 52.1 Å². The molecule has 0 aliphatic carbocycles. The number of carbonyl (C=O) groups is 1. The molecule has 0 aromatic heterocycles. The Balaban J connectivity index is 2.00. The van der Waals surface area contributed by atoms with Crippen molar-refractivity contribution in [2.75, 3.05) is 17.2 Å². The molecule has 0 heterocycles. The average Bonchev–Trinajstić information content (AvgIpc) is 2.50. The first-order valence-electron chi connectivity index (χ1n) is 6.52. The van der Waals surface area contributed by atoms with E-state index in [4.69, 9.17) is 34.8 Å². The van der Waals surface area contributed by atoms with E-state index in [0.717, 1.165) is 12.1 Å². The summed E-state index contributed by atoms with van der Waals surface area (Å²) in [5, 5.41) is 5.74. The Labute approximate surface area is 150 Å². The van der Waals surface area contributed by atoms with E-state index in [9.17, 15) is 18.0 Å². The minimum Gasteiger partial charge on any atom is -0.376 e. The van der Waals surface area contributed by atoms with Crippen molar-refractivity contribution < 1.29 is 18.0 Å². The first kappa shape index (κ1) is 18.7. The van der Waals surface area contributed by atoms with Gasteiger partial charge < -0.3 is 10.6 Å². The normalized spacial score (nSPS) is 11.2. The van der Waals surface area contributed by atoms with Crippen LogP contribution in [-0.2, 0) is 11.0 Å². The highest BCUT2D eigenvalue weighted by atomic mass is 35.5. The van der Waals surface area contributed by atoms with Crippen LogP contribution in [0.2, 0.25) is 15.1 Å². The fourth-order valence-electron chi connectivity index (χ4n) is 1.80. The Kier molecular flexibility index (Phi) is 5.85. The van der Waals surface area contributed by atoms with Gasteiger partial charge in [-0.2, -0.15) is 13.2 Å². The van der Waals surface area contributed by atoms with Crippen LogP contribution in [0.25, 0.3) is 0 Å². The van der Waals surface area contributed by atoms with E-state index in [-0.39, 0.29) is 33.0 Å². The quantitative estimate of drug-likeness (QED) is 0.648. The molecule has 1 amide bonds. The SMILES string of the molecule is O=C(CNc1cccc(C(F)(F)F)c1)Nc1cc(Cl)c(Cl)cc1Cl. The highest BCUT2D eigenvalue weighted by molar-refractivity contribution is 6.44. The van der Waals surface area contributed by atoms with Crippen molar-refractivity contribution in [3.63, 3.8) is 0 Å². The number of hydrogen-bond donors (Lipinski definition) is 2. The monoisotopic (exact) mass is 396 g/mol. The summed E-state index contributed by atoms with van der Waals surface area (Å²) in [6.07, 6.45) is -4.45. The number of carbonyl (C=O) groups excluding carboxylic acids is 1. The zero-order valence-electron chi connectivity index (χ0n) is 11.8. The van der Waals surface area contributed by atoms with Gasteiger partial charge in [-0.15, -0.1) is 0 Å². The molecule has 24 heavy (non-hydrogen) atoms. The molecule has 0 bridgehead atoms. The largest absolute Gasteiger partial charge is 0.416 e. The van der Waals surface area contributed by atoms with Gasteiger partial charge in [-0.05, 0) is 30.3 Å². The lowest BCUT2D eigenvalue weighted by Crippen LogP contribution is -2.22. The van der Waals surface area contributed by atoms with Crippen LogP contribution in [0, 0.1) is 0 Å². The van der Waals surface area contributed by atoms with Crippen LogP contribution in [0.15, 0.2) is 36.4 Å². The van der Waals surface area contributed by atoms with E-state index in [0.29, 0.717) is 0 Å². The van der Waals surface area contributed by atoms with Crippen molar-refractivity contribution in [2.24, 2.45) is 0 Å². The maximum absolute atomic E-state index is 12.6. The second-order valence-corrected chi connectivity index (χ2v) is 5.95. The molecule has 0 aliphatic heterocycles. The number of amides is 1. The predicted octanol–water partition coefficient (Wildman–Crippen LogP) is 5.72. The Morgan fingerprint density at radius 3 is 2.33 bits per heavy atom. The zero-order valence-corrected chi connectivity index (χ0v) is 14.1. The van der Waals surface area contributed by atoms with Crippen LogP contribution in [0.3, 0.4) is 0 Å². The Morgan fingerprint density at radius 1 is 1.00 bits per heavy atom. The molecule has 0 aliphatic rings. The topological polar surface area (TPSA) is 41.1 Å². The molecule has 0 saturated carbocycles. The highest BCUT2D eigenvalue weighted by Crippen LogP contribution is 2.32. The summed E-state index contributed by atoms with van der Waals surface area (Å²) < 4.78 is 37.9. The molecule has 2 N–H and O–H groups in total. The Bertz CT molecular complexity index is 766. The number of benzene rings is 2. The third-order valence-corrected chi connectivity index (χ3v) is 3.96. The maximum Gasteiger partial charge on any atom is 0.416 e. The molecule has 0 fully saturated rings. The van der Waals surface area contributed by atoms with Crippen molar-refractivity contribution in [3.05, 3.63) is 57.0 Å². The van der Waals surface area contributed by atoms with Gasteiger partial charge >= 0.3 is 6.18 Å². The standard InChI is InChI=1S/C15H10Cl3F3N2O/c16-10-5-12(18)13(6-11(10)17)23-14(24)7-22-9-3-1-2-8(4-9)15(19,20)21/h1-6,22H,7H2,(H,23,24). The summed E-state index contributed by atoms with van der Waals surface area (Å²) in [6.45, 7) is -0.252. The van der Waals surface area contributed by atoms with Crippen molar-refractivity contribution in [3.8, 4) is 0 Å². The fourth-order valence-corrected chi connectivity index (χ4v) is 2.39. The second kappa shape index (κ2) is 7.51. The van der Waals surface area contributed by atoms with Crippen LogP contribution in [-0.4, -0.2) is 12.5 Å². The summed E-state index contributed by atoms with van der Waals surface area (Å²) >= 11 is 17.6. The van der Waals surface area contributed by atoms with Crippen LogP contribution in [0.5, 0.6) is 0 Å². The molecule has 0 unspecified atom stereocenters. The Morgan fingerprint density at radius 2 is 1.67 bits per heavy atom. The summed E-state index contributed by atoms with van der Waals surface area (Å²) in [5.41, 5.74) is -0.387. The average molecular weight is 398 g/mol. The molecule has 2 aromatic carbocycles. The molecule has 3 nitrogen and oxygen atoms in total. The molecule has 0 saturated heterocycles. The van der Waals surface area contributed by atoms with E-state index < -0.39 is 17.6 Å². The third-order valence-electron chi connectivity index (χ3n) is 2.93. The third kappa shape index (κ3) is 4.93. The van der Waals surface area contributed by atoms with Gasteiger partial charge in [0, 0.05) is 5.69 Å². The van der Waals surface area contributed by atoms with E-state index in [2.05, 4.69) is 10.6 Å². The summed E-state index contributed by atoms with van der Waals surface area (Å²) in [4.78, 5) is 11.9. The molecular formula is C15H10Cl3F3N2O. The highest BCUT2D eigenvalue weighted by Gasteiger charge is 2.30. The molecule has 0 radical (unpaired) electrons. The number of alkyl halides is 3. The minimum atomic E-state index is -4.45. The van der Waals surface area contributed by atoms with Crippen molar-refractivity contribution in [1.82, 2.24) is 0 Å². The lowest BCUT2D eigenvalue weighted by molar-refractivity contribution is -0.137. The van der Waals surface area contributed by atoms with Crippen LogP contribution in [0.1, 0.15) is 5.56 Å².